The molecule has 1 saturated carbocycles. The van der Waals surface area contributed by atoms with Crippen molar-refractivity contribution in [3.8, 4) is 0 Å². The quantitative estimate of drug-likeness (QED) is 0.439. The van der Waals surface area contributed by atoms with Gasteiger partial charge in [-0.3, -0.25) is 4.79 Å². The lowest BCUT2D eigenvalue weighted by atomic mass is 9.74. The molecule has 0 aromatic heterocycles. The van der Waals surface area contributed by atoms with Crippen LogP contribution in [0.3, 0.4) is 0 Å². The lowest BCUT2D eigenvalue weighted by molar-refractivity contribution is -0.296. The number of rotatable bonds is 7. The minimum absolute atomic E-state index is 0.0997. The Balaban J connectivity index is 1.63. The van der Waals surface area contributed by atoms with E-state index in [1.807, 2.05) is 46.7 Å². The standard InChI is InChI=1S/C34H63N3O7/c1-20-15-34(7,41-11)30(44-31-28(38)26(35(8)9)14-21(2)42-31)22(3)29(39)33(5,6)32(40)43-23(4)27(36(10)16-20)25-18-37(19-25)17-24-12-13-24/h20-28,30-32,38,40H,12-19H2,1-11H3/t20-,21-,22+,23-,26+,27+,28-,30-,31+,32?,34-/m1/s1. The van der Waals surface area contributed by atoms with E-state index in [0.29, 0.717) is 18.8 Å². The predicted octanol–water partition coefficient (Wildman–Crippen LogP) is 2.84. The van der Waals surface area contributed by atoms with Crippen molar-refractivity contribution in [1.82, 2.24) is 14.7 Å². The fourth-order valence-electron chi connectivity index (χ4n) is 8.32. The van der Waals surface area contributed by atoms with Crippen LogP contribution in [0.15, 0.2) is 0 Å². The Morgan fingerprint density at radius 3 is 2.23 bits per heavy atom. The number of likely N-dealkylation sites (N-methyl/N-ethyl adjacent to an activating group) is 2. The summed E-state index contributed by atoms with van der Waals surface area (Å²) in [7, 11) is 7.71. The zero-order valence-corrected chi connectivity index (χ0v) is 29.4. The highest BCUT2D eigenvalue weighted by Crippen LogP contribution is 2.40. The third kappa shape index (κ3) is 7.88. The number of carbonyl (C=O) groups excluding carboxylic acids is 1. The van der Waals surface area contributed by atoms with Crippen molar-refractivity contribution >= 4 is 5.78 Å². The molecule has 0 amide bonds. The molecule has 256 valence electrons. The van der Waals surface area contributed by atoms with Crippen LogP contribution in [0.4, 0.5) is 0 Å². The van der Waals surface area contributed by atoms with E-state index in [9.17, 15) is 15.0 Å². The van der Waals surface area contributed by atoms with Crippen molar-refractivity contribution in [2.24, 2.45) is 29.1 Å². The average Bonchev–Trinajstić information content (AvgIpc) is 3.74. The summed E-state index contributed by atoms with van der Waals surface area (Å²) < 4.78 is 25.5. The van der Waals surface area contributed by atoms with E-state index in [1.54, 1.807) is 21.0 Å². The minimum atomic E-state index is -1.30. The highest BCUT2D eigenvalue weighted by molar-refractivity contribution is 5.87. The van der Waals surface area contributed by atoms with Crippen LogP contribution in [0.25, 0.3) is 0 Å². The number of hydrogen-bond acceptors (Lipinski definition) is 10. The second-order valence-corrected chi connectivity index (χ2v) is 15.9. The summed E-state index contributed by atoms with van der Waals surface area (Å²) in [6, 6.07) is -0.0506. The van der Waals surface area contributed by atoms with Crippen molar-refractivity contribution < 1.29 is 34.0 Å². The largest absolute Gasteiger partial charge is 0.386 e. The molecule has 10 heteroatoms. The summed E-state index contributed by atoms with van der Waals surface area (Å²) in [6.45, 7) is 17.6. The van der Waals surface area contributed by atoms with E-state index in [1.165, 1.54) is 19.4 Å². The van der Waals surface area contributed by atoms with E-state index in [-0.39, 0.29) is 36.0 Å². The maximum absolute atomic E-state index is 14.3. The van der Waals surface area contributed by atoms with Gasteiger partial charge in [-0.15, -0.1) is 0 Å². The predicted molar refractivity (Wildman–Crippen MR) is 170 cm³/mol. The first-order valence-corrected chi connectivity index (χ1v) is 17.0. The van der Waals surface area contributed by atoms with Crippen LogP contribution in [0, 0.1) is 29.1 Å². The Kier molecular flexibility index (Phi) is 11.7. The van der Waals surface area contributed by atoms with E-state index in [0.717, 1.165) is 25.6 Å². The number of carbonyl (C=O) groups is 1. The van der Waals surface area contributed by atoms with Crippen LogP contribution in [0.2, 0.25) is 0 Å². The Morgan fingerprint density at radius 1 is 1.02 bits per heavy atom. The molecule has 0 spiro atoms. The number of likely N-dealkylation sites (tertiary alicyclic amines) is 1. The molecular weight excluding hydrogens is 562 g/mol. The molecule has 44 heavy (non-hydrogen) atoms. The van der Waals surface area contributed by atoms with Gasteiger partial charge in [0.05, 0.1) is 29.3 Å². The summed E-state index contributed by atoms with van der Waals surface area (Å²) in [6.07, 6.45) is -0.272. The first-order chi connectivity index (χ1) is 20.5. The Morgan fingerprint density at radius 2 is 1.66 bits per heavy atom. The average molecular weight is 626 g/mol. The Bertz CT molecular complexity index is 957. The fourth-order valence-corrected chi connectivity index (χ4v) is 8.32. The number of aliphatic hydroxyl groups is 2. The summed E-state index contributed by atoms with van der Waals surface area (Å²) >= 11 is 0. The molecule has 1 unspecified atom stereocenters. The Hall–Kier alpha value is -0.690. The first-order valence-electron chi connectivity index (χ1n) is 17.0. The van der Waals surface area contributed by atoms with Gasteiger partial charge in [0, 0.05) is 57.2 Å². The van der Waals surface area contributed by atoms with Crippen LogP contribution in [0.5, 0.6) is 0 Å². The van der Waals surface area contributed by atoms with Crippen LogP contribution >= 0.6 is 0 Å². The number of aliphatic hydroxyl groups excluding tert-OH is 2. The van der Waals surface area contributed by atoms with Gasteiger partial charge in [-0.2, -0.15) is 0 Å². The van der Waals surface area contributed by atoms with Gasteiger partial charge in [-0.05, 0) is 93.3 Å². The van der Waals surface area contributed by atoms with Gasteiger partial charge in [0.2, 0.25) is 0 Å². The molecule has 0 aromatic rings. The molecule has 10 nitrogen and oxygen atoms in total. The first kappa shape index (κ1) is 36.2. The normalized spacial score (nSPS) is 44.1. The zero-order valence-electron chi connectivity index (χ0n) is 29.4. The van der Waals surface area contributed by atoms with Gasteiger partial charge >= 0.3 is 0 Å². The molecule has 0 bridgehead atoms. The summed E-state index contributed by atoms with van der Waals surface area (Å²) in [5.41, 5.74) is -2.09. The number of ketones is 1. The van der Waals surface area contributed by atoms with Gasteiger partial charge < -0.3 is 43.9 Å². The molecule has 1 aliphatic carbocycles. The van der Waals surface area contributed by atoms with E-state index in [2.05, 4.69) is 23.8 Å². The highest BCUT2D eigenvalue weighted by Gasteiger charge is 2.52. The third-order valence-electron chi connectivity index (χ3n) is 11.1. The molecule has 2 N–H and O–H groups in total. The van der Waals surface area contributed by atoms with Gasteiger partial charge in [0.25, 0.3) is 0 Å². The molecule has 4 fully saturated rings. The number of methoxy groups -OCH3 is 1. The second kappa shape index (κ2) is 14.2. The van der Waals surface area contributed by atoms with Crippen LogP contribution in [-0.4, -0.2) is 140 Å². The number of hydrogen-bond donors (Lipinski definition) is 2. The van der Waals surface area contributed by atoms with Crippen molar-refractivity contribution in [2.75, 3.05) is 54.4 Å². The van der Waals surface area contributed by atoms with E-state index < -0.39 is 41.7 Å². The minimum Gasteiger partial charge on any atom is -0.386 e. The summed E-state index contributed by atoms with van der Waals surface area (Å²) in [5.74, 6) is 0.622. The van der Waals surface area contributed by atoms with Gasteiger partial charge in [-0.1, -0.05) is 13.8 Å². The molecular formula is C34H63N3O7. The summed E-state index contributed by atoms with van der Waals surface area (Å²) in [4.78, 5) is 21.3. The van der Waals surface area contributed by atoms with Crippen LogP contribution < -0.4 is 0 Å². The lowest BCUT2D eigenvalue weighted by Crippen LogP contribution is -2.61. The fraction of sp³-hybridized carbons (Fsp3) is 0.971. The number of ether oxygens (including phenoxy) is 4. The number of Topliss-reactive ketones (excluding diaryl/α,β-unsaturated/α-hetero) is 1. The van der Waals surface area contributed by atoms with Gasteiger partial charge in [-0.25, -0.2) is 0 Å². The second-order valence-electron chi connectivity index (χ2n) is 15.9. The zero-order chi connectivity index (χ0) is 32.7. The van der Waals surface area contributed by atoms with Gasteiger partial charge in [0.15, 0.2) is 12.6 Å². The van der Waals surface area contributed by atoms with E-state index >= 15 is 0 Å². The van der Waals surface area contributed by atoms with Crippen LogP contribution in [-0.2, 0) is 23.7 Å². The van der Waals surface area contributed by atoms with Crippen molar-refractivity contribution in [3.05, 3.63) is 0 Å². The topological polar surface area (TPSA) is 104 Å². The van der Waals surface area contributed by atoms with Crippen LogP contribution in [0.1, 0.15) is 74.1 Å². The molecule has 3 saturated heterocycles. The molecule has 11 atom stereocenters. The van der Waals surface area contributed by atoms with Crippen molar-refractivity contribution in [3.63, 3.8) is 0 Å². The number of nitrogens with zero attached hydrogens (tertiary/aromatic N) is 3. The third-order valence-corrected chi connectivity index (χ3v) is 11.1. The van der Waals surface area contributed by atoms with Crippen molar-refractivity contribution in [2.45, 2.75) is 129 Å². The Labute approximate surface area is 266 Å². The molecule has 4 aliphatic rings. The maximum Gasteiger partial charge on any atom is 0.185 e. The van der Waals surface area contributed by atoms with Gasteiger partial charge in [0.1, 0.15) is 11.9 Å². The molecule has 0 radical (unpaired) electrons. The van der Waals surface area contributed by atoms with E-state index in [4.69, 9.17) is 18.9 Å². The maximum atomic E-state index is 14.3. The SMILES string of the molecule is CO[C@]1(C)C[C@@H](C)CN(C)[C@H](C2CN(CC3CC3)C2)[C@@H](C)OC(O)C(C)(C)C(=O)[C@H](C)[C@H]1O[C@@H]1O[C@H](C)C[C@H](N(C)C)[C@H]1O. The molecule has 3 heterocycles. The van der Waals surface area contributed by atoms with Crippen molar-refractivity contribution in [1.29, 1.82) is 0 Å². The monoisotopic (exact) mass is 625 g/mol. The molecule has 3 aliphatic heterocycles. The smallest absolute Gasteiger partial charge is 0.185 e. The molecule has 4 rings (SSSR count). The highest BCUT2D eigenvalue weighted by atomic mass is 16.7. The molecule has 0 aromatic carbocycles. The summed E-state index contributed by atoms with van der Waals surface area (Å²) in [5, 5.41) is 22.9. The lowest BCUT2D eigenvalue weighted by Gasteiger charge is -2.49.